The minimum Gasteiger partial charge on any atom is -0.507 e. The van der Waals surface area contributed by atoms with E-state index in [0.29, 0.717) is 13.0 Å². The molecule has 358 valence electrons. The number of aliphatic hydroxyl groups is 2. The summed E-state index contributed by atoms with van der Waals surface area (Å²) in [5, 5.41) is 64.5. The Morgan fingerprint density at radius 3 is 2.23 bits per heavy atom. The van der Waals surface area contributed by atoms with Crippen LogP contribution in [0.1, 0.15) is 95.6 Å². The highest BCUT2D eigenvalue weighted by molar-refractivity contribution is 6.23. The average Bonchev–Trinajstić information content (AvgIpc) is 3.56. The molecule has 0 saturated heterocycles. The van der Waals surface area contributed by atoms with Crippen LogP contribution in [-0.2, 0) is 28.6 Å². The lowest BCUT2D eigenvalue weighted by Gasteiger charge is -2.38. The number of aromatic hydroxyl groups is 3. The number of Topliss-reactive ketones (excluding diaryl/α,β-unsaturated/α-hetero) is 1. The number of fused-ring (bicyclic) bond motifs is 14. The molecule has 3 aliphatic rings. The number of amides is 1. The number of nitrogens with one attached hydrogen (secondary N) is 1. The van der Waals surface area contributed by atoms with Crippen LogP contribution in [0.5, 0.6) is 28.7 Å². The molecule has 6 N–H and O–H groups in total. The molecule has 16 heteroatoms. The smallest absolute Gasteiger partial charge is 0.312 e. The quantitative estimate of drug-likeness (QED) is 0.0255. The third-order valence-electron chi connectivity index (χ3n) is 12.4. The molecule has 0 aromatic heterocycles. The summed E-state index contributed by atoms with van der Waals surface area (Å²) in [7, 11) is 1.43. The van der Waals surface area contributed by atoms with E-state index in [9.17, 15) is 39.9 Å². The molecule has 5 bridgehead atoms. The molecule has 16 nitrogen and oxygen atoms in total. The summed E-state index contributed by atoms with van der Waals surface area (Å²) in [6.45, 7) is 13.2. The molecule has 0 unspecified atom stereocenters. The first kappa shape index (κ1) is 50.9. The standard InChI is InChI=1S/C50H64N2O14/c1-27-18-17-19-28(2)49(60)52-40-35(26-51-64-24-16-11-10-15-23-62-34-20-13-12-14-21-34)44(57)37-38(45(40)58)43(56)32(6)47-39(37)48(59)50(8,66-47)63-25-22-36(61-9)29(3)46(65-33(7)53)31(5)42(55)30(4)41(27)54/h12-14,17-22,25-27,29-31,36,41-42,46,54-58H,10-11,15-16,23-24H2,1-9H3,(H,52,60)/b18-17+,25-22+,28-19-,51-26+/t27-,29-,30-,31-,36+,41+,42-,46-,50+/m1/s1. The molecular weight excluding hydrogens is 853 g/mol. The number of nitrogens with zero attached hydrogens (tertiary/aromatic N) is 1. The first-order valence-electron chi connectivity index (χ1n) is 22.3. The number of carbonyl (C=O) groups is 3. The maximum Gasteiger partial charge on any atom is 0.312 e. The molecule has 0 spiro atoms. The summed E-state index contributed by atoms with van der Waals surface area (Å²) in [6.07, 6.45) is 7.70. The summed E-state index contributed by atoms with van der Waals surface area (Å²) in [4.78, 5) is 46.2. The zero-order chi connectivity index (χ0) is 48.5. The highest BCUT2D eigenvalue weighted by Crippen LogP contribution is 2.55. The first-order valence-corrected chi connectivity index (χ1v) is 22.3. The van der Waals surface area contributed by atoms with Gasteiger partial charge in [-0.25, -0.2) is 0 Å². The van der Waals surface area contributed by atoms with Gasteiger partial charge in [0.05, 0.1) is 59.6 Å². The van der Waals surface area contributed by atoms with Crippen molar-refractivity contribution in [2.45, 2.75) is 111 Å². The highest BCUT2D eigenvalue weighted by atomic mass is 16.7. The van der Waals surface area contributed by atoms with Crippen LogP contribution in [0.25, 0.3) is 10.8 Å². The topological polar surface area (TPSA) is 232 Å². The summed E-state index contributed by atoms with van der Waals surface area (Å²) in [6, 6.07) is 9.54. The van der Waals surface area contributed by atoms with Gasteiger partial charge in [-0.3, -0.25) is 14.4 Å². The van der Waals surface area contributed by atoms with E-state index in [1.54, 1.807) is 39.8 Å². The second-order valence-corrected chi connectivity index (χ2v) is 17.3. The third-order valence-corrected chi connectivity index (χ3v) is 12.4. The number of allylic oxidation sites excluding steroid dienone is 2. The molecule has 0 saturated carbocycles. The fraction of sp³-hybridized carbons (Fsp3) is 0.480. The van der Waals surface area contributed by atoms with Gasteiger partial charge >= 0.3 is 11.8 Å². The number of hydrogen-bond acceptors (Lipinski definition) is 15. The van der Waals surface area contributed by atoms with Crippen LogP contribution in [0.3, 0.4) is 0 Å². The number of unbranched alkanes of at least 4 members (excludes halogenated alkanes) is 3. The molecule has 0 aliphatic carbocycles. The molecule has 66 heavy (non-hydrogen) atoms. The summed E-state index contributed by atoms with van der Waals surface area (Å²) >= 11 is 0. The minimum atomic E-state index is -2.07. The Hall–Kier alpha value is -6.10. The number of esters is 1. The fourth-order valence-corrected chi connectivity index (χ4v) is 8.34. The summed E-state index contributed by atoms with van der Waals surface area (Å²) in [5.74, 6) is -7.89. The van der Waals surface area contributed by atoms with Gasteiger partial charge in [0, 0.05) is 61.2 Å². The minimum absolute atomic E-state index is 0.0305. The predicted octanol–water partition coefficient (Wildman–Crippen LogP) is 7.74. The normalized spacial score (nSPS) is 28.0. The molecule has 0 radical (unpaired) electrons. The first-order chi connectivity index (χ1) is 31.3. The van der Waals surface area contributed by atoms with Crippen LogP contribution in [0.2, 0.25) is 0 Å². The Morgan fingerprint density at radius 2 is 1.56 bits per heavy atom. The van der Waals surface area contributed by atoms with Crippen molar-refractivity contribution < 1.29 is 68.4 Å². The summed E-state index contributed by atoms with van der Waals surface area (Å²) in [5.41, 5.74) is -0.625. The Morgan fingerprint density at radius 1 is 0.879 bits per heavy atom. The molecule has 6 rings (SSSR count). The van der Waals surface area contributed by atoms with Crippen LogP contribution in [0.15, 0.2) is 71.6 Å². The van der Waals surface area contributed by atoms with Gasteiger partial charge in [-0.05, 0) is 57.7 Å². The number of benzene rings is 3. The Kier molecular flexibility index (Phi) is 17.3. The van der Waals surface area contributed by atoms with E-state index in [2.05, 4.69) is 10.5 Å². The van der Waals surface area contributed by atoms with E-state index >= 15 is 0 Å². The molecular formula is C50H64N2O14. The van der Waals surface area contributed by atoms with E-state index < -0.39 is 88.8 Å². The second kappa shape index (κ2) is 22.4. The number of phenols is 3. The van der Waals surface area contributed by atoms with Gasteiger partial charge in [-0.2, -0.15) is 0 Å². The SMILES string of the molecule is CO[C@H]1/C=C/O[C@@]2(C)Oc3c(C)c(O)c4c(O)c(c(/C=N/OCCCCCCOc5ccccc5)c(O)c4c3C2=O)NC(=O)/C(C)=C\C=C\[C@@H](C)[C@H](O)[C@@H](C)[C@@H](O)[C@@H](C)[C@H](OC(C)=O)[C@@H]1C. The third kappa shape index (κ3) is 11.3. The Labute approximate surface area is 385 Å². The molecule has 3 aromatic carbocycles. The van der Waals surface area contributed by atoms with Crippen molar-refractivity contribution in [3.8, 4) is 28.7 Å². The van der Waals surface area contributed by atoms with Crippen molar-refractivity contribution in [3.63, 3.8) is 0 Å². The van der Waals surface area contributed by atoms with Crippen molar-refractivity contribution in [3.05, 3.63) is 83.2 Å². The number of hydrogen-bond donors (Lipinski definition) is 6. The fourth-order valence-electron chi connectivity index (χ4n) is 8.34. The second-order valence-electron chi connectivity index (χ2n) is 17.3. The molecule has 0 fully saturated rings. The van der Waals surface area contributed by atoms with Gasteiger partial charge in [-0.15, -0.1) is 0 Å². The maximum atomic E-state index is 14.5. The molecule has 3 aliphatic heterocycles. The Balaban J connectivity index is 1.54. The van der Waals surface area contributed by atoms with E-state index in [1.165, 1.54) is 53.2 Å². The van der Waals surface area contributed by atoms with Crippen LogP contribution in [-0.4, -0.2) is 99.9 Å². The van der Waals surface area contributed by atoms with E-state index in [1.807, 2.05) is 30.3 Å². The van der Waals surface area contributed by atoms with Gasteiger partial charge in [0.25, 0.3) is 11.7 Å². The molecule has 1 amide bonds. The number of para-hydroxylation sites is 1. The van der Waals surface area contributed by atoms with Gasteiger partial charge < -0.3 is 59.4 Å². The lowest BCUT2D eigenvalue weighted by Crippen LogP contribution is -2.46. The van der Waals surface area contributed by atoms with Crippen LogP contribution in [0.4, 0.5) is 5.69 Å². The molecule has 3 heterocycles. The number of methoxy groups -OCH3 is 1. The average molecular weight is 917 g/mol. The van der Waals surface area contributed by atoms with Gasteiger partial charge in [0.15, 0.2) is 5.75 Å². The lowest BCUT2D eigenvalue weighted by atomic mass is 9.78. The van der Waals surface area contributed by atoms with Crippen molar-refractivity contribution in [1.82, 2.24) is 0 Å². The van der Waals surface area contributed by atoms with Crippen LogP contribution >= 0.6 is 0 Å². The largest absolute Gasteiger partial charge is 0.507 e. The van der Waals surface area contributed by atoms with Crippen molar-refractivity contribution >= 4 is 40.3 Å². The lowest BCUT2D eigenvalue weighted by molar-refractivity contribution is -0.160. The number of ether oxygens (including phenoxy) is 5. The number of oxime groups is 1. The predicted molar refractivity (Wildman–Crippen MR) is 248 cm³/mol. The number of phenolic OH excluding ortho intramolecular Hbond substituents is 3. The van der Waals surface area contributed by atoms with Gasteiger partial charge in [0.1, 0.15) is 35.7 Å². The van der Waals surface area contributed by atoms with E-state index in [4.69, 9.17) is 28.5 Å². The van der Waals surface area contributed by atoms with E-state index in [-0.39, 0.29) is 51.1 Å². The van der Waals surface area contributed by atoms with Gasteiger partial charge in [0.2, 0.25) is 0 Å². The highest BCUT2D eigenvalue weighted by Gasteiger charge is 2.50. The monoisotopic (exact) mass is 916 g/mol. The zero-order valence-electron chi connectivity index (χ0n) is 39.1. The number of aliphatic hydroxyl groups excluding tert-OH is 2. The molecule has 3 aromatic rings. The zero-order valence-corrected chi connectivity index (χ0v) is 39.1. The van der Waals surface area contributed by atoms with Crippen molar-refractivity contribution in [2.75, 3.05) is 25.6 Å². The van der Waals surface area contributed by atoms with Gasteiger partial charge in [-0.1, -0.05) is 69.3 Å². The van der Waals surface area contributed by atoms with Crippen molar-refractivity contribution in [1.29, 1.82) is 0 Å². The number of anilines is 1. The summed E-state index contributed by atoms with van der Waals surface area (Å²) < 4.78 is 29.4. The number of rotatable bonds is 12. The number of ketones is 1. The van der Waals surface area contributed by atoms with Crippen LogP contribution < -0.4 is 14.8 Å². The van der Waals surface area contributed by atoms with Crippen LogP contribution in [0, 0.1) is 30.6 Å². The maximum absolute atomic E-state index is 14.5. The number of carbonyl (C=O) groups excluding carboxylic acids is 3. The molecule has 9 atom stereocenters. The van der Waals surface area contributed by atoms with E-state index in [0.717, 1.165) is 31.2 Å². The Bertz CT molecular complexity index is 2340. The van der Waals surface area contributed by atoms with Crippen molar-refractivity contribution in [2.24, 2.45) is 28.8 Å².